The van der Waals surface area contributed by atoms with Crippen molar-refractivity contribution in [2.45, 2.75) is 0 Å². The van der Waals surface area contributed by atoms with Crippen LogP contribution in [0.3, 0.4) is 0 Å². The smallest absolute Gasteiger partial charge is 0.0502 e. The van der Waals surface area contributed by atoms with E-state index in [0.29, 0.717) is 13.0 Å². The first-order chi connectivity index (χ1) is 2.89. The Hall–Kier alpha value is -0.560. The van der Waals surface area contributed by atoms with E-state index in [2.05, 4.69) is 5.10 Å². The summed E-state index contributed by atoms with van der Waals surface area (Å²) in [7, 11) is 0.620. The van der Waals surface area contributed by atoms with Gasteiger partial charge in [-0.1, -0.05) is 0 Å². The molecule has 0 saturated carbocycles. The Morgan fingerprint density at radius 3 is 2.83 bits per heavy atom. The molecule has 1 aliphatic rings. The lowest BCUT2D eigenvalue weighted by molar-refractivity contribution is -0.379. The summed E-state index contributed by atoms with van der Waals surface area (Å²) in [5.41, 5.74) is 0. The average Bonchev–Trinajstić information content (AvgIpc) is 1.86. The second kappa shape index (κ2) is 1.27. The van der Waals surface area contributed by atoms with Gasteiger partial charge in [0.05, 0.1) is 15.8 Å². The Morgan fingerprint density at radius 2 is 2.67 bits per heavy atom. The quantitative estimate of drug-likeness (QED) is 0.407. The van der Waals surface area contributed by atoms with Crippen molar-refractivity contribution >= 4 is 20.4 Å². The normalized spacial score (nSPS) is 19.7. The minimum Gasteiger partial charge on any atom is 0.0502 e. The van der Waals surface area contributed by atoms with Gasteiger partial charge in [-0.15, -0.1) is 0 Å². The molecule has 0 aromatic carbocycles. The van der Waals surface area contributed by atoms with Crippen LogP contribution in [0.2, 0.25) is 0 Å². The van der Waals surface area contributed by atoms with Gasteiger partial charge in [0.2, 0.25) is 4.64 Å². The van der Waals surface area contributed by atoms with Gasteiger partial charge < -0.3 is 0 Å². The number of hydrazone groups is 1. The van der Waals surface area contributed by atoms with Crippen molar-refractivity contribution in [2.24, 2.45) is 5.10 Å². The number of rotatable bonds is 0. The van der Waals surface area contributed by atoms with Gasteiger partial charge in [0.1, 0.15) is 6.21 Å². The first-order valence-corrected chi connectivity index (χ1v) is 2.35. The Balaban J connectivity index is 2.86. The highest BCUT2D eigenvalue weighted by Gasteiger charge is 2.02. The molecule has 3 nitrogen and oxygen atoms in total. The summed E-state index contributed by atoms with van der Waals surface area (Å²) in [5.74, 6) is 1.67. The zero-order valence-corrected chi connectivity index (χ0v) is 3.80. The molecular formula is C2H2N2OP+. The molecule has 0 saturated heterocycles. The van der Waals surface area contributed by atoms with E-state index in [0.717, 1.165) is 0 Å². The summed E-state index contributed by atoms with van der Waals surface area (Å²) in [6.45, 7) is 0. The molecule has 1 heterocycles. The van der Waals surface area contributed by atoms with E-state index in [-0.39, 0.29) is 0 Å². The fourth-order valence-electron chi connectivity index (χ4n) is 0.204. The van der Waals surface area contributed by atoms with E-state index in [1.54, 1.807) is 5.80 Å². The van der Waals surface area contributed by atoms with Crippen LogP contribution in [-0.2, 0) is 0 Å². The van der Waals surface area contributed by atoms with Gasteiger partial charge in [-0.2, -0.15) is 0 Å². The molecular weight excluding hydrogens is 99.0 g/mol. The zero-order valence-electron chi connectivity index (χ0n) is 2.90. The molecule has 0 fully saturated rings. The molecule has 1 rings (SSSR count). The molecule has 0 amide bonds. The Morgan fingerprint density at radius 1 is 1.83 bits per heavy atom. The van der Waals surface area contributed by atoms with Crippen molar-refractivity contribution in [1.29, 1.82) is 0 Å². The standard InChI is InChI=1S/C2H2N2OP/c5-4-3-1-2-6-4/h1-2H/q+1. The van der Waals surface area contributed by atoms with Crippen LogP contribution in [-0.4, -0.2) is 16.7 Å². The fraction of sp³-hybridized carbons (Fsp3) is 0. The first kappa shape index (κ1) is 3.62. The lowest BCUT2D eigenvalue weighted by atomic mass is 10.9. The van der Waals surface area contributed by atoms with E-state index < -0.39 is 0 Å². The average molecular weight is 101 g/mol. The van der Waals surface area contributed by atoms with Crippen molar-refractivity contribution in [3.8, 4) is 0 Å². The van der Waals surface area contributed by atoms with Crippen LogP contribution >= 0.6 is 8.35 Å². The monoisotopic (exact) mass is 101 g/mol. The number of hydrogen-bond acceptors (Lipinski definition) is 1. The fourth-order valence-corrected chi connectivity index (χ4v) is 0.556. The number of nitrogens with zero attached hydrogens (tertiary/aromatic N) is 2. The van der Waals surface area contributed by atoms with E-state index >= 15 is 0 Å². The molecule has 0 bridgehead atoms. The zero-order chi connectivity index (χ0) is 4.41. The van der Waals surface area contributed by atoms with Crippen molar-refractivity contribution in [2.75, 3.05) is 0 Å². The number of nitroso groups, excluding NO2 is 1. The summed E-state index contributed by atoms with van der Waals surface area (Å²) in [4.78, 5) is 9.92. The molecule has 1 aliphatic heterocycles. The van der Waals surface area contributed by atoms with Crippen LogP contribution in [0, 0.1) is 4.91 Å². The van der Waals surface area contributed by atoms with Crippen molar-refractivity contribution in [3.05, 3.63) is 4.91 Å². The van der Waals surface area contributed by atoms with Crippen LogP contribution in [0.5, 0.6) is 0 Å². The van der Waals surface area contributed by atoms with Crippen LogP contribution < -0.4 is 0 Å². The topological polar surface area (TPSA) is 32.4 Å². The maximum Gasteiger partial charge on any atom is 0.345 e. The largest absolute Gasteiger partial charge is 0.345 e. The highest BCUT2D eigenvalue weighted by atomic mass is 31.1. The van der Waals surface area contributed by atoms with Gasteiger partial charge >= 0.3 is 8.35 Å². The van der Waals surface area contributed by atoms with Crippen LogP contribution in [0.25, 0.3) is 0 Å². The highest BCUT2D eigenvalue weighted by molar-refractivity contribution is 7.34. The Labute approximate surface area is 36.1 Å². The predicted octanol–water partition coefficient (Wildman–Crippen LogP) is 0.428. The Kier molecular flexibility index (Phi) is 0.765. The first-order valence-electron chi connectivity index (χ1n) is 1.43. The highest BCUT2D eigenvalue weighted by Crippen LogP contribution is 1.98. The van der Waals surface area contributed by atoms with Crippen molar-refractivity contribution in [1.82, 2.24) is 0 Å². The van der Waals surface area contributed by atoms with Crippen molar-refractivity contribution in [3.63, 3.8) is 0 Å². The van der Waals surface area contributed by atoms with Gasteiger partial charge in [-0.05, 0) is 0 Å². The molecule has 0 aromatic rings. The maximum absolute atomic E-state index is 9.92. The molecule has 0 aliphatic carbocycles. The van der Waals surface area contributed by atoms with Crippen LogP contribution in [0.15, 0.2) is 5.10 Å². The van der Waals surface area contributed by atoms with Gasteiger partial charge in [0.15, 0.2) is 0 Å². The summed E-state index contributed by atoms with van der Waals surface area (Å²) in [6.07, 6.45) is 1.48. The van der Waals surface area contributed by atoms with Gasteiger partial charge in [0, 0.05) is 0 Å². The van der Waals surface area contributed by atoms with Crippen LogP contribution in [0.4, 0.5) is 0 Å². The molecule has 0 atom stereocenters. The van der Waals surface area contributed by atoms with Crippen molar-refractivity contribution < 1.29 is 4.64 Å². The third-order valence-corrected chi connectivity index (χ3v) is 0.965. The van der Waals surface area contributed by atoms with Gasteiger partial charge in [-0.3, -0.25) is 0 Å². The van der Waals surface area contributed by atoms with E-state index in [1.165, 1.54) is 6.21 Å². The maximum atomic E-state index is 9.92. The summed E-state index contributed by atoms with van der Waals surface area (Å²) in [6, 6.07) is 0. The molecule has 0 spiro atoms. The molecule has 0 unspecified atom stereocenters. The number of hydrogen-bond donors (Lipinski definition) is 0. The van der Waals surface area contributed by atoms with Crippen LogP contribution in [0.1, 0.15) is 0 Å². The van der Waals surface area contributed by atoms with Gasteiger partial charge in [0.25, 0.3) is 0 Å². The molecule has 0 aromatic heterocycles. The lowest BCUT2D eigenvalue weighted by Crippen LogP contribution is -1.69. The molecule has 6 heavy (non-hydrogen) atoms. The third-order valence-electron chi connectivity index (χ3n) is 0.398. The van der Waals surface area contributed by atoms with E-state index in [9.17, 15) is 4.91 Å². The molecule has 0 N–H and O–H groups in total. The SMILES string of the molecule is O=[N+]1N=CC=P1. The molecule has 4 heteroatoms. The molecule has 0 radical (unpaired) electrons. The summed E-state index contributed by atoms with van der Waals surface area (Å²) >= 11 is 0. The summed E-state index contributed by atoms with van der Waals surface area (Å²) < 4.78 is 0.597. The van der Waals surface area contributed by atoms with Gasteiger partial charge in [-0.25, -0.2) is 0 Å². The second-order valence-corrected chi connectivity index (χ2v) is 1.65. The Bertz CT molecular complexity index is 114. The molecule has 30 valence electrons. The predicted molar refractivity (Wildman–Crippen MR) is 25.1 cm³/mol. The van der Waals surface area contributed by atoms with E-state index in [4.69, 9.17) is 0 Å². The third kappa shape index (κ3) is 0.494. The van der Waals surface area contributed by atoms with E-state index in [1.807, 2.05) is 0 Å². The minimum atomic E-state index is 0.597. The summed E-state index contributed by atoms with van der Waals surface area (Å²) in [5, 5.41) is 3.32. The second-order valence-electron chi connectivity index (χ2n) is 0.782. The lowest BCUT2D eigenvalue weighted by Gasteiger charge is -1.49. The minimum absolute atomic E-state index is 0.597.